The molecule has 0 aliphatic carbocycles. The average molecular weight is 280 g/mol. The second-order valence-corrected chi connectivity index (χ2v) is 4.57. The number of anilines is 1. The van der Waals surface area contributed by atoms with Gasteiger partial charge in [0.2, 0.25) is 0 Å². The van der Waals surface area contributed by atoms with Gasteiger partial charge in [0, 0.05) is 25.3 Å². The van der Waals surface area contributed by atoms with Gasteiger partial charge < -0.3 is 10.3 Å². The number of hydrogen-bond donors (Lipinski definition) is 2. The van der Waals surface area contributed by atoms with Gasteiger partial charge in [-0.15, -0.1) is 0 Å². The van der Waals surface area contributed by atoms with Crippen LogP contribution in [0.4, 0.5) is 11.4 Å². The molecular formula is C13H20N4O3. The number of hydrogen-bond acceptors (Lipinski definition) is 5. The zero-order chi connectivity index (χ0) is 15.1. The van der Waals surface area contributed by atoms with E-state index in [1.165, 1.54) is 23.1 Å². The number of nitro groups is 1. The van der Waals surface area contributed by atoms with Gasteiger partial charge in [-0.2, -0.15) is 0 Å². The van der Waals surface area contributed by atoms with Crippen LogP contribution >= 0.6 is 0 Å². The molecular weight excluding hydrogens is 260 g/mol. The summed E-state index contributed by atoms with van der Waals surface area (Å²) in [7, 11) is 1.64. The molecule has 0 unspecified atom stereocenters. The number of nitrogens with zero attached hydrogens (tertiary/aromatic N) is 2. The van der Waals surface area contributed by atoms with E-state index in [2.05, 4.69) is 12.3 Å². The predicted molar refractivity (Wildman–Crippen MR) is 77.4 cm³/mol. The lowest BCUT2D eigenvalue weighted by molar-refractivity contribution is -0.385. The predicted octanol–water partition coefficient (Wildman–Crippen LogP) is 2.14. The Labute approximate surface area is 117 Å². The summed E-state index contributed by atoms with van der Waals surface area (Å²) < 4.78 is 0. The van der Waals surface area contributed by atoms with Crippen molar-refractivity contribution < 1.29 is 9.72 Å². The number of nitrogens with two attached hydrogens (primary N) is 1. The van der Waals surface area contributed by atoms with E-state index in [4.69, 9.17) is 5.84 Å². The minimum Gasteiger partial charge on any atom is -0.341 e. The second-order valence-electron chi connectivity index (χ2n) is 4.57. The average Bonchev–Trinajstić information content (AvgIpc) is 2.45. The van der Waals surface area contributed by atoms with E-state index < -0.39 is 4.92 Å². The number of nitro benzene ring substituents is 1. The molecule has 7 nitrogen and oxygen atoms in total. The monoisotopic (exact) mass is 280 g/mol. The SMILES string of the molecule is CCCCCN(C)C(=O)c1cc(NN)ccc1[N+](=O)[O-]. The van der Waals surface area contributed by atoms with Crippen molar-refractivity contribution >= 4 is 17.3 Å². The van der Waals surface area contributed by atoms with Crippen LogP contribution in [0.3, 0.4) is 0 Å². The molecule has 0 spiro atoms. The molecule has 110 valence electrons. The van der Waals surface area contributed by atoms with Crippen molar-refractivity contribution in [2.75, 3.05) is 19.0 Å². The summed E-state index contributed by atoms with van der Waals surface area (Å²) in [5.74, 6) is 4.90. The van der Waals surface area contributed by atoms with Crippen LogP contribution in [0, 0.1) is 10.1 Å². The fourth-order valence-electron chi connectivity index (χ4n) is 1.86. The highest BCUT2D eigenvalue weighted by Gasteiger charge is 2.23. The Hall–Kier alpha value is -2.15. The highest BCUT2D eigenvalue weighted by Crippen LogP contribution is 2.23. The molecule has 0 saturated carbocycles. The van der Waals surface area contributed by atoms with E-state index in [9.17, 15) is 14.9 Å². The first kappa shape index (κ1) is 15.9. The van der Waals surface area contributed by atoms with Crippen molar-refractivity contribution in [2.45, 2.75) is 26.2 Å². The molecule has 1 amide bonds. The topological polar surface area (TPSA) is 102 Å². The van der Waals surface area contributed by atoms with Gasteiger partial charge in [-0.1, -0.05) is 19.8 Å². The third-order valence-corrected chi connectivity index (χ3v) is 3.03. The van der Waals surface area contributed by atoms with Gasteiger partial charge in [0.15, 0.2) is 0 Å². The molecule has 0 aromatic heterocycles. The van der Waals surface area contributed by atoms with Crippen molar-refractivity contribution in [1.29, 1.82) is 0 Å². The van der Waals surface area contributed by atoms with E-state index >= 15 is 0 Å². The Morgan fingerprint density at radius 1 is 1.45 bits per heavy atom. The molecule has 3 N–H and O–H groups in total. The Bertz CT molecular complexity index is 491. The molecule has 0 fully saturated rings. The molecule has 7 heteroatoms. The van der Waals surface area contributed by atoms with Crippen LogP contribution in [0.2, 0.25) is 0 Å². The van der Waals surface area contributed by atoms with Gasteiger partial charge in [0.1, 0.15) is 5.56 Å². The van der Waals surface area contributed by atoms with Gasteiger partial charge in [-0.05, 0) is 18.6 Å². The largest absolute Gasteiger partial charge is 0.341 e. The summed E-state index contributed by atoms with van der Waals surface area (Å²) in [6, 6.07) is 4.14. The van der Waals surface area contributed by atoms with Crippen molar-refractivity contribution in [3.63, 3.8) is 0 Å². The fourth-order valence-corrected chi connectivity index (χ4v) is 1.86. The molecule has 1 aromatic rings. The van der Waals surface area contributed by atoms with Crippen LogP contribution in [-0.4, -0.2) is 29.3 Å². The number of carbonyl (C=O) groups is 1. The summed E-state index contributed by atoms with van der Waals surface area (Å²) >= 11 is 0. The van der Waals surface area contributed by atoms with Crippen LogP contribution in [0.15, 0.2) is 18.2 Å². The molecule has 0 saturated heterocycles. The van der Waals surface area contributed by atoms with Gasteiger partial charge in [-0.3, -0.25) is 20.8 Å². The summed E-state index contributed by atoms with van der Waals surface area (Å²) in [6.45, 7) is 2.65. The van der Waals surface area contributed by atoms with Crippen molar-refractivity contribution in [2.24, 2.45) is 5.84 Å². The lowest BCUT2D eigenvalue weighted by Crippen LogP contribution is -2.28. The smallest absolute Gasteiger partial charge is 0.282 e. The lowest BCUT2D eigenvalue weighted by atomic mass is 10.1. The summed E-state index contributed by atoms with van der Waals surface area (Å²) in [6.07, 6.45) is 2.94. The van der Waals surface area contributed by atoms with E-state index in [0.717, 1.165) is 19.3 Å². The maximum Gasteiger partial charge on any atom is 0.282 e. The molecule has 0 heterocycles. The zero-order valence-electron chi connectivity index (χ0n) is 11.8. The number of rotatable bonds is 7. The Balaban J connectivity index is 2.97. The van der Waals surface area contributed by atoms with Gasteiger partial charge in [0.25, 0.3) is 11.6 Å². The minimum atomic E-state index is -0.562. The molecule has 0 radical (unpaired) electrons. The Morgan fingerprint density at radius 3 is 2.70 bits per heavy atom. The zero-order valence-corrected chi connectivity index (χ0v) is 11.8. The van der Waals surface area contributed by atoms with Gasteiger partial charge >= 0.3 is 0 Å². The first-order chi connectivity index (χ1) is 9.51. The number of nitrogens with one attached hydrogen (secondary N) is 1. The van der Waals surface area contributed by atoms with E-state index in [1.54, 1.807) is 7.05 Å². The van der Waals surface area contributed by atoms with Crippen LogP contribution in [-0.2, 0) is 0 Å². The van der Waals surface area contributed by atoms with Crippen LogP contribution in [0.25, 0.3) is 0 Å². The van der Waals surface area contributed by atoms with Gasteiger partial charge in [0.05, 0.1) is 4.92 Å². The Morgan fingerprint density at radius 2 is 2.15 bits per heavy atom. The van der Waals surface area contributed by atoms with Crippen molar-refractivity contribution in [1.82, 2.24) is 4.90 Å². The Kier molecular flexibility index (Phi) is 5.92. The normalized spacial score (nSPS) is 10.2. The highest BCUT2D eigenvalue weighted by molar-refractivity contribution is 5.99. The quantitative estimate of drug-likeness (QED) is 0.345. The second kappa shape index (κ2) is 7.44. The number of carbonyl (C=O) groups excluding carboxylic acids is 1. The summed E-state index contributed by atoms with van der Waals surface area (Å²) in [4.78, 5) is 24.2. The van der Waals surface area contributed by atoms with Crippen LogP contribution < -0.4 is 11.3 Å². The van der Waals surface area contributed by atoms with Crippen molar-refractivity contribution in [3.8, 4) is 0 Å². The summed E-state index contributed by atoms with van der Waals surface area (Å²) in [5.41, 5.74) is 2.68. The van der Waals surface area contributed by atoms with Gasteiger partial charge in [-0.25, -0.2) is 0 Å². The van der Waals surface area contributed by atoms with Crippen LogP contribution in [0.1, 0.15) is 36.5 Å². The molecule has 0 bridgehead atoms. The molecule has 0 aliphatic heterocycles. The third-order valence-electron chi connectivity index (χ3n) is 3.03. The number of hydrazine groups is 1. The number of benzene rings is 1. The fraction of sp³-hybridized carbons (Fsp3) is 0.462. The number of amides is 1. The third kappa shape index (κ3) is 3.92. The highest BCUT2D eigenvalue weighted by atomic mass is 16.6. The first-order valence-electron chi connectivity index (χ1n) is 6.51. The number of nitrogen functional groups attached to an aromatic ring is 1. The van der Waals surface area contributed by atoms with E-state index in [-0.39, 0.29) is 17.2 Å². The first-order valence-corrected chi connectivity index (χ1v) is 6.51. The van der Waals surface area contributed by atoms with E-state index in [1.807, 2.05) is 0 Å². The lowest BCUT2D eigenvalue weighted by Gasteiger charge is -2.17. The minimum absolute atomic E-state index is 0.0458. The maximum atomic E-state index is 12.3. The van der Waals surface area contributed by atoms with E-state index in [0.29, 0.717) is 12.2 Å². The summed E-state index contributed by atoms with van der Waals surface area (Å²) in [5, 5.41) is 11.0. The standard InChI is InChI=1S/C13H20N4O3/c1-3-4-5-8-16(2)13(18)11-9-10(15-14)6-7-12(11)17(19)20/h6-7,9,15H,3-5,8,14H2,1-2H3. The molecule has 1 aromatic carbocycles. The van der Waals surface area contributed by atoms with Crippen LogP contribution in [0.5, 0.6) is 0 Å². The van der Waals surface area contributed by atoms with Crippen molar-refractivity contribution in [3.05, 3.63) is 33.9 Å². The molecule has 0 atom stereocenters. The maximum absolute atomic E-state index is 12.3. The molecule has 1 rings (SSSR count). The molecule has 0 aliphatic rings. The number of unbranched alkanes of at least 4 members (excludes halogenated alkanes) is 2. The molecule has 20 heavy (non-hydrogen) atoms.